The van der Waals surface area contributed by atoms with E-state index >= 15 is 0 Å². The lowest BCUT2D eigenvalue weighted by atomic mass is 10.1. The molecule has 2 amide bonds. The van der Waals surface area contributed by atoms with Crippen molar-refractivity contribution >= 4 is 40.9 Å². The van der Waals surface area contributed by atoms with E-state index in [1.807, 2.05) is 48.0 Å². The van der Waals surface area contributed by atoms with E-state index in [9.17, 15) is 9.59 Å². The van der Waals surface area contributed by atoms with Crippen molar-refractivity contribution in [2.24, 2.45) is 7.05 Å². The van der Waals surface area contributed by atoms with Crippen LogP contribution in [-0.2, 0) is 24.0 Å². The lowest BCUT2D eigenvalue weighted by Crippen LogP contribution is -2.27. The number of carbonyl (C=O) groups is 2. The van der Waals surface area contributed by atoms with Gasteiger partial charge in [0.15, 0.2) is 5.16 Å². The number of nitrogens with one attached hydrogen (secondary N) is 1. The average Bonchev–Trinajstić information content (AvgIpc) is 3.38. The molecule has 1 aliphatic rings. The van der Waals surface area contributed by atoms with Crippen LogP contribution in [0.2, 0.25) is 5.02 Å². The van der Waals surface area contributed by atoms with Gasteiger partial charge in [0.25, 0.3) is 5.91 Å². The zero-order chi connectivity index (χ0) is 22.5. The molecule has 0 unspecified atom stereocenters. The van der Waals surface area contributed by atoms with E-state index < -0.39 is 0 Å². The molecule has 2 aromatic carbocycles. The molecule has 7 nitrogen and oxygen atoms in total. The molecule has 0 atom stereocenters. The van der Waals surface area contributed by atoms with Crippen molar-refractivity contribution in [2.45, 2.75) is 30.2 Å². The first-order valence-corrected chi connectivity index (χ1v) is 11.8. The highest BCUT2D eigenvalue weighted by atomic mass is 35.5. The summed E-state index contributed by atoms with van der Waals surface area (Å²) in [5.41, 5.74) is 2.44. The molecule has 1 aromatic heterocycles. The van der Waals surface area contributed by atoms with Gasteiger partial charge in [-0.15, -0.1) is 10.2 Å². The molecule has 9 heteroatoms. The number of hydrogen-bond acceptors (Lipinski definition) is 5. The first-order valence-electron chi connectivity index (χ1n) is 10.5. The van der Waals surface area contributed by atoms with E-state index in [4.69, 9.17) is 11.6 Å². The molecule has 1 saturated heterocycles. The van der Waals surface area contributed by atoms with Gasteiger partial charge in [-0.25, -0.2) is 0 Å². The van der Waals surface area contributed by atoms with Crippen LogP contribution in [0.15, 0.2) is 53.7 Å². The molecule has 0 spiro atoms. The second-order valence-corrected chi connectivity index (χ2v) is 8.96. The maximum atomic E-state index is 12.6. The number of halogens is 1. The highest BCUT2D eigenvalue weighted by Crippen LogP contribution is 2.23. The summed E-state index contributed by atoms with van der Waals surface area (Å²) in [4.78, 5) is 26.3. The minimum atomic E-state index is -0.170. The number of anilines is 1. The largest absolute Gasteiger partial charge is 0.352 e. The fourth-order valence-electron chi connectivity index (χ4n) is 3.59. The van der Waals surface area contributed by atoms with Gasteiger partial charge in [-0.2, -0.15) is 0 Å². The molecule has 1 N–H and O–H groups in total. The lowest BCUT2D eigenvalue weighted by molar-refractivity contribution is -0.117. The Balaban J connectivity index is 1.30. The zero-order valence-electron chi connectivity index (χ0n) is 17.8. The molecule has 0 saturated carbocycles. The predicted molar refractivity (Wildman–Crippen MR) is 126 cm³/mol. The van der Waals surface area contributed by atoms with Crippen molar-refractivity contribution in [3.63, 3.8) is 0 Å². The highest BCUT2D eigenvalue weighted by molar-refractivity contribution is 7.98. The van der Waals surface area contributed by atoms with E-state index in [-0.39, 0.29) is 11.8 Å². The molecule has 2 heterocycles. The van der Waals surface area contributed by atoms with Crippen LogP contribution in [0.25, 0.3) is 0 Å². The van der Waals surface area contributed by atoms with E-state index in [2.05, 4.69) is 15.5 Å². The Kier molecular flexibility index (Phi) is 7.12. The lowest BCUT2D eigenvalue weighted by Gasteiger charge is -2.16. The van der Waals surface area contributed by atoms with Crippen LogP contribution in [0, 0.1) is 0 Å². The molecule has 32 heavy (non-hydrogen) atoms. The van der Waals surface area contributed by atoms with Gasteiger partial charge >= 0.3 is 0 Å². The third-order valence-electron chi connectivity index (χ3n) is 5.31. The monoisotopic (exact) mass is 469 g/mol. The first-order chi connectivity index (χ1) is 15.5. The van der Waals surface area contributed by atoms with Crippen molar-refractivity contribution in [1.29, 1.82) is 0 Å². The topological polar surface area (TPSA) is 80.1 Å². The summed E-state index contributed by atoms with van der Waals surface area (Å²) in [6.07, 6.45) is 1.98. The van der Waals surface area contributed by atoms with Crippen LogP contribution in [0.1, 0.15) is 34.6 Å². The van der Waals surface area contributed by atoms with Crippen molar-refractivity contribution in [3.05, 3.63) is 70.5 Å². The molecule has 0 bridgehead atoms. The van der Waals surface area contributed by atoms with Gasteiger partial charge in [0, 0.05) is 55.0 Å². The van der Waals surface area contributed by atoms with Gasteiger partial charge in [-0.1, -0.05) is 41.6 Å². The summed E-state index contributed by atoms with van der Waals surface area (Å²) >= 11 is 7.63. The maximum Gasteiger partial charge on any atom is 0.251 e. The van der Waals surface area contributed by atoms with Crippen molar-refractivity contribution in [3.8, 4) is 0 Å². The molecule has 166 valence electrons. The minimum absolute atomic E-state index is 0.105. The summed E-state index contributed by atoms with van der Waals surface area (Å²) < 4.78 is 1.95. The molecule has 0 aliphatic carbocycles. The van der Waals surface area contributed by atoms with Crippen molar-refractivity contribution < 1.29 is 9.59 Å². The number of hydrogen-bond donors (Lipinski definition) is 1. The summed E-state index contributed by atoms with van der Waals surface area (Å²) in [5, 5.41) is 13.0. The number of rotatable bonds is 8. The fraction of sp³-hybridized carbons (Fsp3) is 0.304. The Hall–Kier alpha value is -2.84. The quantitative estimate of drug-likeness (QED) is 0.507. The van der Waals surface area contributed by atoms with Gasteiger partial charge in [-0.3, -0.25) is 9.59 Å². The van der Waals surface area contributed by atoms with Crippen LogP contribution in [0.4, 0.5) is 5.69 Å². The average molecular weight is 470 g/mol. The van der Waals surface area contributed by atoms with E-state index in [0.717, 1.165) is 39.4 Å². The second-order valence-electron chi connectivity index (χ2n) is 7.58. The summed E-state index contributed by atoms with van der Waals surface area (Å²) in [7, 11) is 1.92. The normalized spacial score (nSPS) is 13.6. The number of benzene rings is 2. The standard InChI is InChI=1S/C23H24ClN5O2S/c1-28-20(26-27-23(28)32-15-16-5-2-7-18(24)13-16)10-11-25-22(31)17-6-3-8-19(14-17)29-12-4-9-21(29)30/h2-3,5-8,13-14H,4,9-12,15H2,1H3,(H,25,31). The molecule has 3 aromatic rings. The van der Waals surface area contributed by atoms with E-state index in [1.165, 1.54) is 0 Å². The number of thioether (sulfide) groups is 1. The van der Waals surface area contributed by atoms with Crippen LogP contribution < -0.4 is 10.2 Å². The Morgan fingerprint density at radius 2 is 2.03 bits per heavy atom. The van der Waals surface area contributed by atoms with Crippen LogP contribution in [0.3, 0.4) is 0 Å². The number of amides is 2. The Bertz CT molecular complexity index is 1130. The molecular formula is C23H24ClN5O2S. The van der Waals surface area contributed by atoms with Gasteiger partial charge in [-0.05, 0) is 42.3 Å². The number of carbonyl (C=O) groups excluding carboxylic acids is 2. The smallest absolute Gasteiger partial charge is 0.251 e. The van der Waals surface area contributed by atoms with E-state index in [0.29, 0.717) is 31.5 Å². The fourth-order valence-corrected chi connectivity index (χ4v) is 4.67. The third-order valence-corrected chi connectivity index (χ3v) is 6.64. The van der Waals surface area contributed by atoms with Crippen molar-refractivity contribution in [1.82, 2.24) is 20.1 Å². The highest BCUT2D eigenvalue weighted by Gasteiger charge is 2.22. The SMILES string of the molecule is Cn1c(CCNC(=O)c2cccc(N3CCCC3=O)c2)nnc1SCc1cccc(Cl)c1. The van der Waals surface area contributed by atoms with Crippen LogP contribution >= 0.6 is 23.4 Å². The third kappa shape index (κ3) is 5.31. The van der Waals surface area contributed by atoms with Crippen LogP contribution in [-0.4, -0.2) is 39.7 Å². The minimum Gasteiger partial charge on any atom is -0.352 e. The molecule has 0 radical (unpaired) electrons. The number of aromatic nitrogens is 3. The predicted octanol–water partition coefficient (Wildman–Crippen LogP) is 3.86. The van der Waals surface area contributed by atoms with Crippen LogP contribution in [0.5, 0.6) is 0 Å². The molecule has 1 fully saturated rings. The van der Waals surface area contributed by atoms with Gasteiger partial charge in [0.05, 0.1) is 0 Å². The summed E-state index contributed by atoms with van der Waals surface area (Å²) in [6, 6.07) is 15.0. The summed E-state index contributed by atoms with van der Waals surface area (Å²) in [5.74, 6) is 1.49. The Labute approximate surface area is 196 Å². The second kappa shape index (κ2) is 10.2. The van der Waals surface area contributed by atoms with Gasteiger partial charge in [0.2, 0.25) is 5.91 Å². The number of nitrogens with zero attached hydrogens (tertiary/aromatic N) is 4. The molecule has 4 rings (SSSR count). The van der Waals surface area contributed by atoms with Gasteiger partial charge < -0.3 is 14.8 Å². The summed E-state index contributed by atoms with van der Waals surface area (Å²) in [6.45, 7) is 1.14. The molecule has 1 aliphatic heterocycles. The van der Waals surface area contributed by atoms with E-state index in [1.54, 1.807) is 28.8 Å². The Morgan fingerprint density at radius 3 is 2.81 bits per heavy atom. The van der Waals surface area contributed by atoms with Crippen molar-refractivity contribution in [2.75, 3.05) is 18.0 Å². The molecular weight excluding hydrogens is 446 g/mol. The van der Waals surface area contributed by atoms with Gasteiger partial charge in [0.1, 0.15) is 5.82 Å². The maximum absolute atomic E-state index is 12.6. The zero-order valence-corrected chi connectivity index (χ0v) is 19.3. The first kappa shape index (κ1) is 22.4. The Morgan fingerprint density at radius 1 is 1.19 bits per heavy atom.